The van der Waals surface area contributed by atoms with Gasteiger partial charge in [-0.3, -0.25) is 0 Å². The first-order valence-corrected chi connectivity index (χ1v) is 6.96. The summed E-state index contributed by atoms with van der Waals surface area (Å²) in [7, 11) is 1.74. The molecule has 2 heteroatoms. The highest BCUT2D eigenvalue weighted by Gasteiger charge is 2.21. The Balaban J connectivity index is 3.41. The smallest absolute Gasteiger partial charge is 0.0642 e. The molecule has 0 spiro atoms. The number of hydrogen-bond acceptors (Lipinski definition) is 2. The molecule has 0 aliphatic rings. The van der Waals surface area contributed by atoms with E-state index in [0.29, 0.717) is 6.61 Å². The van der Waals surface area contributed by atoms with Crippen LogP contribution < -0.4 is 5.73 Å². The molecule has 1 unspecified atom stereocenters. The summed E-state index contributed by atoms with van der Waals surface area (Å²) in [5.74, 6) is 0. The van der Waals surface area contributed by atoms with E-state index in [4.69, 9.17) is 10.5 Å². The van der Waals surface area contributed by atoms with Crippen LogP contribution in [0.25, 0.3) is 0 Å². The minimum Gasteiger partial charge on any atom is -0.383 e. The van der Waals surface area contributed by atoms with Gasteiger partial charge < -0.3 is 10.5 Å². The summed E-state index contributed by atoms with van der Waals surface area (Å²) in [5.41, 5.74) is 6.16. The summed E-state index contributed by atoms with van der Waals surface area (Å²) in [5, 5.41) is 0. The van der Waals surface area contributed by atoms with Crippen LogP contribution in [0.4, 0.5) is 0 Å². The molecule has 16 heavy (non-hydrogen) atoms. The van der Waals surface area contributed by atoms with E-state index in [1.165, 1.54) is 44.9 Å². The number of rotatable bonds is 11. The summed E-state index contributed by atoms with van der Waals surface area (Å²) in [6.07, 6.45) is 11.6. The Morgan fingerprint density at radius 1 is 0.938 bits per heavy atom. The number of ether oxygens (including phenoxy) is 1. The Bertz CT molecular complexity index is 150. The van der Waals surface area contributed by atoms with Crippen LogP contribution in [0.3, 0.4) is 0 Å². The van der Waals surface area contributed by atoms with E-state index in [1.54, 1.807) is 7.11 Å². The van der Waals surface area contributed by atoms with Gasteiger partial charge in [-0.05, 0) is 12.8 Å². The monoisotopic (exact) mass is 229 g/mol. The third-order valence-corrected chi connectivity index (χ3v) is 3.41. The Morgan fingerprint density at radius 2 is 1.50 bits per heavy atom. The predicted octanol–water partition coefficient (Wildman–Crippen LogP) is 3.88. The highest BCUT2D eigenvalue weighted by atomic mass is 16.5. The van der Waals surface area contributed by atoms with Crippen molar-refractivity contribution < 1.29 is 4.74 Å². The maximum Gasteiger partial charge on any atom is 0.0642 e. The first-order chi connectivity index (χ1) is 7.68. The zero-order chi connectivity index (χ0) is 12.3. The first kappa shape index (κ1) is 15.9. The van der Waals surface area contributed by atoms with Crippen LogP contribution in [0.5, 0.6) is 0 Å². The lowest BCUT2D eigenvalue weighted by molar-refractivity contribution is 0.122. The predicted molar refractivity (Wildman–Crippen MR) is 71.7 cm³/mol. The second-order valence-corrected chi connectivity index (χ2v) is 5.02. The summed E-state index contributed by atoms with van der Waals surface area (Å²) in [6.45, 7) is 5.11. The second kappa shape index (κ2) is 10.1. The molecule has 2 N–H and O–H groups in total. The summed E-state index contributed by atoms with van der Waals surface area (Å²) in [4.78, 5) is 0. The molecule has 0 heterocycles. The van der Waals surface area contributed by atoms with Crippen molar-refractivity contribution in [3.8, 4) is 0 Å². The van der Waals surface area contributed by atoms with Crippen molar-refractivity contribution in [1.29, 1.82) is 0 Å². The second-order valence-electron chi connectivity index (χ2n) is 5.02. The van der Waals surface area contributed by atoms with E-state index in [2.05, 4.69) is 13.8 Å². The molecule has 0 fully saturated rings. The fourth-order valence-electron chi connectivity index (χ4n) is 2.07. The Morgan fingerprint density at radius 3 is 2.00 bits per heavy atom. The van der Waals surface area contributed by atoms with Gasteiger partial charge in [0.1, 0.15) is 0 Å². The molecule has 0 aromatic rings. The molecule has 0 amide bonds. The lowest BCUT2D eigenvalue weighted by Crippen LogP contribution is -2.43. The summed E-state index contributed by atoms with van der Waals surface area (Å²) >= 11 is 0. The Labute approximate surface area is 102 Å². The maximum absolute atomic E-state index is 6.25. The van der Waals surface area contributed by atoms with E-state index < -0.39 is 0 Å². The number of hydrogen-bond donors (Lipinski definition) is 1. The van der Waals surface area contributed by atoms with Crippen LogP contribution in [-0.4, -0.2) is 19.3 Å². The van der Waals surface area contributed by atoms with Crippen LogP contribution in [0.15, 0.2) is 0 Å². The first-order valence-electron chi connectivity index (χ1n) is 6.96. The molecule has 0 bridgehead atoms. The van der Waals surface area contributed by atoms with Crippen molar-refractivity contribution in [3.63, 3.8) is 0 Å². The third-order valence-electron chi connectivity index (χ3n) is 3.41. The molecule has 0 aromatic heterocycles. The largest absolute Gasteiger partial charge is 0.383 e. The van der Waals surface area contributed by atoms with Crippen LogP contribution in [-0.2, 0) is 4.74 Å². The lowest BCUT2D eigenvalue weighted by atomic mass is 9.91. The SMILES string of the molecule is CCCCCCCCCC(N)(CC)COC. The van der Waals surface area contributed by atoms with Gasteiger partial charge in [0, 0.05) is 12.6 Å². The minimum absolute atomic E-state index is 0.0852. The van der Waals surface area contributed by atoms with Crippen molar-refractivity contribution in [2.45, 2.75) is 77.2 Å². The number of unbranched alkanes of at least 4 members (excludes halogenated alkanes) is 6. The van der Waals surface area contributed by atoms with Crippen molar-refractivity contribution in [2.24, 2.45) is 5.73 Å². The van der Waals surface area contributed by atoms with Crippen LogP contribution in [0.1, 0.15) is 71.6 Å². The van der Waals surface area contributed by atoms with Crippen LogP contribution in [0, 0.1) is 0 Å². The van der Waals surface area contributed by atoms with E-state index >= 15 is 0 Å². The molecule has 0 aliphatic carbocycles. The summed E-state index contributed by atoms with van der Waals surface area (Å²) < 4.78 is 5.18. The molecule has 98 valence electrons. The van der Waals surface area contributed by atoms with Gasteiger partial charge in [-0.25, -0.2) is 0 Å². The molecule has 0 rings (SSSR count). The Kier molecular flexibility index (Phi) is 10.0. The van der Waals surface area contributed by atoms with Crippen molar-refractivity contribution in [2.75, 3.05) is 13.7 Å². The average molecular weight is 229 g/mol. The van der Waals surface area contributed by atoms with E-state index in [1.807, 2.05) is 0 Å². The quantitative estimate of drug-likeness (QED) is 0.546. The molecular weight excluding hydrogens is 198 g/mol. The van der Waals surface area contributed by atoms with Gasteiger partial charge in [0.05, 0.1) is 6.61 Å². The van der Waals surface area contributed by atoms with E-state index in [9.17, 15) is 0 Å². The Hall–Kier alpha value is -0.0800. The van der Waals surface area contributed by atoms with Crippen molar-refractivity contribution in [3.05, 3.63) is 0 Å². The molecule has 0 saturated heterocycles. The molecule has 0 aliphatic heterocycles. The van der Waals surface area contributed by atoms with Gasteiger partial charge in [0.15, 0.2) is 0 Å². The molecule has 2 nitrogen and oxygen atoms in total. The van der Waals surface area contributed by atoms with E-state index in [-0.39, 0.29) is 5.54 Å². The molecule has 0 saturated carbocycles. The van der Waals surface area contributed by atoms with Gasteiger partial charge in [-0.1, -0.05) is 58.8 Å². The van der Waals surface area contributed by atoms with Gasteiger partial charge in [0.2, 0.25) is 0 Å². The standard InChI is InChI=1S/C14H31NO/c1-4-6-7-8-9-10-11-12-14(15,5-2)13-16-3/h4-13,15H2,1-3H3. The zero-order valence-electron chi connectivity index (χ0n) is 11.6. The molecule has 0 radical (unpaired) electrons. The van der Waals surface area contributed by atoms with Gasteiger partial charge in [-0.2, -0.15) is 0 Å². The van der Waals surface area contributed by atoms with Crippen LogP contribution in [0.2, 0.25) is 0 Å². The van der Waals surface area contributed by atoms with E-state index in [0.717, 1.165) is 12.8 Å². The van der Waals surface area contributed by atoms with Gasteiger partial charge >= 0.3 is 0 Å². The fourth-order valence-corrected chi connectivity index (χ4v) is 2.07. The van der Waals surface area contributed by atoms with Crippen molar-refractivity contribution in [1.82, 2.24) is 0 Å². The normalized spacial score (nSPS) is 15.0. The fraction of sp³-hybridized carbons (Fsp3) is 1.00. The third kappa shape index (κ3) is 8.12. The lowest BCUT2D eigenvalue weighted by Gasteiger charge is -2.27. The summed E-state index contributed by atoms with van der Waals surface area (Å²) in [6, 6.07) is 0. The number of methoxy groups -OCH3 is 1. The topological polar surface area (TPSA) is 35.2 Å². The highest BCUT2D eigenvalue weighted by molar-refractivity contribution is 4.81. The average Bonchev–Trinajstić information content (AvgIpc) is 2.28. The van der Waals surface area contributed by atoms with Crippen molar-refractivity contribution >= 4 is 0 Å². The molecule has 0 aromatic carbocycles. The molecular formula is C14H31NO. The molecule has 1 atom stereocenters. The number of nitrogens with two attached hydrogens (primary N) is 1. The van der Waals surface area contributed by atoms with Gasteiger partial charge in [-0.15, -0.1) is 0 Å². The highest BCUT2D eigenvalue weighted by Crippen LogP contribution is 2.17. The maximum atomic E-state index is 6.25. The zero-order valence-corrected chi connectivity index (χ0v) is 11.6. The minimum atomic E-state index is -0.0852. The van der Waals surface area contributed by atoms with Gasteiger partial charge in [0.25, 0.3) is 0 Å². The van der Waals surface area contributed by atoms with Crippen LogP contribution >= 0.6 is 0 Å².